The van der Waals surface area contributed by atoms with Crippen molar-refractivity contribution in [3.05, 3.63) is 29.7 Å². The van der Waals surface area contributed by atoms with Crippen LogP contribution < -0.4 is 5.32 Å². The molecule has 0 unspecified atom stereocenters. The average Bonchev–Trinajstić information content (AvgIpc) is 3.04. The van der Waals surface area contributed by atoms with Gasteiger partial charge in [0.1, 0.15) is 17.0 Å². The third-order valence-corrected chi connectivity index (χ3v) is 3.39. The number of amides is 1. The molecule has 0 aromatic carbocycles. The van der Waals surface area contributed by atoms with E-state index in [2.05, 4.69) is 10.3 Å². The van der Waals surface area contributed by atoms with E-state index in [1.54, 1.807) is 17.7 Å². The molecule has 0 fully saturated rings. The van der Waals surface area contributed by atoms with Crippen molar-refractivity contribution in [3.63, 3.8) is 0 Å². The highest BCUT2D eigenvalue weighted by molar-refractivity contribution is 7.13. The molecule has 0 spiro atoms. The molecule has 2 aromatic rings. The van der Waals surface area contributed by atoms with Crippen molar-refractivity contribution in [1.82, 2.24) is 10.3 Å². The van der Waals surface area contributed by atoms with Gasteiger partial charge in [-0.25, -0.2) is 4.98 Å². The second-order valence-electron chi connectivity index (χ2n) is 4.00. The molecule has 0 saturated carbocycles. The van der Waals surface area contributed by atoms with Crippen LogP contribution in [0.25, 0.3) is 10.6 Å². The summed E-state index contributed by atoms with van der Waals surface area (Å²) in [6.07, 6.45) is 3.08. The van der Waals surface area contributed by atoms with E-state index >= 15 is 0 Å². The topological polar surface area (TPSA) is 92.4 Å². The number of thiazole rings is 1. The average molecular weight is 280 g/mol. The number of aliphatic carboxylic acids is 1. The zero-order valence-corrected chi connectivity index (χ0v) is 10.9. The normalized spacial score (nSPS) is 12.1. The zero-order chi connectivity index (χ0) is 13.8. The van der Waals surface area contributed by atoms with Crippen molar-refractivity contribution in [2.75, 3.05) is 6.54 Å². The Morgan fingerprint density at radius 2 is 2.37 bits per heavy atom. The molecule has 2 N–H and O–H groups in total. The number of hydrogen-bond acceptors (Lipinski definition) is 5. The second kappa shape index (κ2) is 5.66. The first-order valence-electron chi connectivity index (χ1n) is 5.57. The fraction of sp³-hybridized carbons (Fsp3) is 0.250. The van der Waals surface area contributed by atoms with E-state index in [4.69, 9.17) is 9.52 Å². The minimum Gasteiger partial charge on any atom is -0.481 e. The number of furan rings is 1. The van der Waals surface area contributed by atoms with Crippen molar-refractivity contribution in [1.29, 1.82) is 0 Å². The van der Waals surface area contributed by atoms with Crippen LogP contribution in [-0.2, 0) is 4.79 Å². The summed E-state index contributed by atoms with van der Waals surface area (Å²) in [7, 11) is 0. The Hall–Kier alpha value is -2.15. The smallest absolute Gasteiger partial charge is 0.308 e. The lowest BCUT2D eigenvalue weighted by molar-refractivity contribution is -0.140. The largest absolute Gasteiger partial charge is 0.481 e. The molecule has 1 atom stereocenters. The van der Waals surface area contributed by atoms with E-state index < -0.39 is 11.9 Å². The van der Waals surface area contributed by atoms with Crippen molar-refractivity contribution in [3.8, 4) is 10.6 Å². The highest BCUT2D eigenvalue weighted by Gasteiger charge is 2.15. The minimum atomic E-state index is -0.947. The van der Waals surface area contributed by atoms with E-state index in [0.717, 1.165) is 5.56 Å². The van der Waals surface area contributed by atoms with Gasteiger partial charge in [0.2, 0.25) is 0 Å². The summed E-state index contributed by atoms with van der Waals surface area (Å²) in [4.78, 5) is 26.6. The maximum absolute atomic E-state index is 11.8. The molecule has 0 aliphatic rings. The molecule has 100 valence electrons. The number of nitrogens with one attached hydrogen (secondary N) is 1. The maximum atomic E-state index is 11.8. The Balaban J connectivity index is 1.99. The molecule has 2 heterocycles. The molecule has 0 radical (unpaired) electrons. The van der Waals surface area contributed by atoms with Gasteiger partial charge in [-0.05, 0) is 6.07 Å². The Morgan fingerprint density at radius 1 is 1.58 bits per heavy atom. The molecule has 1 amide bonds. The Labute approximate surface area is 113 Å². The quantitative estimate of drug-likeness (QED) is 0.872. The van der Waals surface area contributed by atoms with Crippen LogP contribution in [0.4, 0.5) is 0 Å². The molecule has 19 heavy (non-hydrogen) atoms. The summed E-state index contributed by atoms with van der Waals surface area (Å²) in [5, 5.41) is 13.6. The Bertz CT molecular complexity index is 576. The van der Waals surface area contributed by atoms with E-state index in [-0.39, 0.29) is 18.1 Å². The molecule has 0 bridgehead atoms. The third kappa shape index (κ3) is 3.19. The van der Waals surface area contributed by atoms with Crippen LogP contribution in [0.2, 0.25) is 0 Å². The predicted molar refractivity (Wildman–Crippen MR) is 68.9 cm³/mol. The van der Waals surface area contributed by atoms with Gasteiger partial charge >= 0.3 is 5.97 Å². The SMILES string of the molecule is C[C@@H](CNC(=O)c1csc(-c2ccoc2)n1)C(=O)O. The van der Waals surface area contributed by atoms with Crippen LogP contribution in [0.5, 0.6) is 0 Å². The Morgan fingerprint density at radius 3 is 3.00 bits per heavy atom. The lowest BCUT2D eigenvalue weighted by Gasteiger charge is -2.06. The number of aromatic nitrogens is 1. The number of carboxylic acids is 1. The van der Waals surface area contributed by atoms with Crippen molar-refractivity contribution in [2.45, 2.75) is 6.92 Å². The first-order valence-corrected chi connectivity index (χ1v) is 6.45. The van der Waals surface area contributed by atoms with Crippen LogP contribution in [0.3, 0.4) is 0 Å². The predicted octanol–water partition coefficient (Wildman–Crippen LogP) is 1.85. The second-order valence-corrected chi connectivity index (χ2v) is 4.86. The highest BCUT2D eigenvalue weighted by Crippen LogP contribution is 2.23. The van der Waals surface area contributed by atoms with Crippen molar-refractivity contribution >= 4 is 23.2 Å². The fourth-order valence-corrected chi connectivity index (χ4v) is 2.11. The van der Waals surface area contributed by atoms with Crippen molar-refractivity contribution in [2.24, 2.45) is 5.92 Å². The monoisotopic (exact) mass is 280 g/mol. The minimum absolute atomic E-state index is 0.0761. The van der Waals surface area contributed by atoms with Crippen LogP contribution >= 0.6 is 11.3 Å². The summed E-state index contributed by atoms with van der Waals surface area (Å²) in [5.74, 6) is -1.95. The van der Waals surface area contributed by atoms with Crippen LogP contribution in [0.1, 0.15) is 17.4 Å². The van der Waals surface area contributed by atoms with Gasteiger partial charge in [0.25, 0.3) is 5.91 Å². The summed E-state index contributed by atoms with van der Waals surface area (Å²) < 4.78 is 4.94. The summed E-state index contributed by atoms with van der Waals surface area (Å²) in [5.41, 5.74) is 1.08. The van der Waals surface area contributed by atoms with Crippen LogP contribution in [0, 0.1) is 5.92 Å². The van der Waals surface area contributed by atoms with Gasteiger partial charge in [-0.2, -0.15) is 0 Å². The lowest BCUT2D eigenvalue weighted by atomic mass is 10.2. The van der Waals surface area contributed by atoms with E-state index in [9.17, 15) is 9.59 Å². The zero-order valence-electron chi connectivity index (χ0n) is 10.1. The lowest BCUT2D eigenvalue weighted by Crippen LogP contribution is -2.31. The molecular weight excluding hydrogens is 268 g/mol. The van der Waals surface area contributed by atoms with Gasteiger partial charge in [0.05, 0.1) is 12.2 Å². The number of carboxylic acid groups (broad SMARTS) is 1. The van der Waals surface area contributed by atoms with Gasteiger partial charge in [0.15, 0.2) is 0 Å². The summed E-state index contributed by atoms with van der Waals surface area (Å²) in [6, 6.07) is 1.76. The van der Waals surface area contributed by atoms with E-state index in [0.29, 0.717) is 5.01 Å². The standard InChI is InChI=1S/C12H12N2O4S/c1-7(12(16)17)4-13-10(15)9-6-19-11(14-9)8-2-3-18-5-8/h2-3,5-7H,4H2,1H3,(H,13,15)(H,16,17)/t7-/m0/s1. The van der Waals surface area contributed by atoms with Gasteiger partial charge < -0.3 is 14.8 Å². The first-order chi connectivity index (χ1) is 9.08. The fourth-order valence-electron chi connectivity index (χ4n) is 1.32. The molecule has 0 saturated heterocycles. The molecule has 0 aliphatic heterocycles. The number of carbonyl (C=O) groups excluding carboxylic acids is 1. The third-order valence-electron chi connectivity index (χ3n) is 2.50. The van der Waals surface area contributed by atoms with Gasteiger partial charge in [-0.1, -0.05) is 6.92 Å². The van der Waals surface area contributed by atoms with Crippen LogP contribution in [-0.4, -0.2) is 28.5 Å². The number of carbonyl (C=O) groups is 2. The molecule has 2 aromatic heterocycles. The first kappa shape index (κ1) is 13.3. The summed E-state index contributed by atoms with van der Waals surface area (Å²) in [6.45, 7) is 1.60. The van der Waals surface area contributed by atoms with Gasteiger partial charge in [0, 0.05) is 17.5 Å². The molecule has 7 heteroatoms. The number of hydrogen-bond donors (Lipinski definition) is 2. The molecule has 6 nitrogen and oxygen atoms in total. The summed E-state index contributed by atoms with van der Waals surface area (Å²) >= 11 is 1.33. The molecule has 2 rings (SSSR count). The molecular formula is C12H12N2O4S. The van der Waals surface area contributed by atoms with Gasteiger partial charge in [-0.3, -0.25) is 9.59 Å². The number of rotatable bonds is 5. The van der Waals surface area contributed by atoms with E-state index in [1.807, 2.05) is 0 Å². The highest BCUT2D eigenvalue weighted by atomic mass is 32.1. The van der Waals surface area contributed by atoms with Crippen LogP contribution in [0.15, 0.2) is 28.4 Å². The Kier molecular flexibility index (Phi) is 3.96. The number of nitrogens with zero attached hydrogens (tertiary/aromatic N) is 1. The van der Waals surface area contributed by atoms with Gasteiger partial charge in [-0.15, -0.1) is 11.3 Å². The maximum Gasteiger partial charge on any atom is 0.308 e. The molecule has 0 aliphatic carbocycles. The van der Waals surface area contributed by atoms with Crippen molar-refractivity contribution < 1.29 is 19.1 Å². The van der Waals surface area contributed by atoms with E-state index in [1.165, 1.54) is 24.5 Å².